The van der Waals surface area contributed by atoms with Crippen LogP contribution >= 0.6 is 11.3 Å². The highest BCUT2D eigenvalue weighted by Crippen LogP contribution is 2.48. The summed E-state index contributed by atoms with van der Waals surface area (Å²) >= 11 is 0.854. The van der Waals surface area contributed by atoms with E-state index in [0.29, 0.717) is 23.0 Å². The molecule has 3 aromatic rings. The number of nitrogens with two attached hydrogens (primary N) is 1. The summed E-state index contributed by atoms with van der Waals surface area (Å²) in [5.74, 6) is 1.13. The average Bonchev–Trinajstić information content (AvgIpc) is 3.33. The minimum absolute atomic E-state index is 0.0401. The fourth-order valence-electron chi connectivity index (χ4n) is 4.60. The van der Waals surface area contributed by atoms with Gasteiger partial charge < -0.3 is 20.7 Å². The Morgan fingerprint density at radius 1 is 1.11 bits per heavy atom. The molecule has 1 aliphatic carbocycles. The van der Waals surface area contributed by atoms with Gasteiger partial charge in [-0.05, 0) is 54.7 Å². The first-order valence-electron chi connectivity index (χ1n) is 11.4. The zero-order valence-electron chi connectivity index (χ0n) is 18.9. The number of hydrogen-bond acceptors (Lipinski definition) is 5. The number of nitrogens with one attached hydrogen (secondary N) is 2. The number of thiophene rings is 1. The molecule has 5 rings (SSSR count). The molecule has 0 spiro atoms. The van der Waals surface area contributed by atoms with Crippen molar-refractivity contribution in [2.75, 3.05) is 0 Å². The van der Waals surface area contributed by atoms with Crippen molar-refractivity contribution in [1.82, 2.24) is 10.2 Å². The Balaban J connectivity index is 1.19. The van der Waals surface area contributed by atoms with Crippen molar-refractivity contribution in [2.45, 2.75) is 37.9 Å². The maximum absolute atomic E-state index is 13.9. The Morgan fingerprint density at radius 2 is 1.83 bits per heavy atom. The molecule has 2 fully saturated rings. The summed E-state index contributed by atoms with van der Waals surface area (Å²) in [6.07, 6.45) is 1.78. The molecule has 1 aliphatic heterocycles. The molecule has 1 saturated carbocycles. The van der Waals surface area contributed by atoms with Gasteiger partial charge in [0.15, 0.2) is 5.13 Å². The number of likely N-dealkylation sites (tertiary alicyclic amines) is 1. The molecule has 2 aliphatic rings. The minimum atomic E-state index is -0.541. The van der Waals surface area contributed by atoms with E-state index in [9.17, 15) is 14.0 Å². The number of ether oxygens (including phenoxy) is 1. The van der Waals surface area contributed by atoms with Gasteiger partial charge in [0, 0.05) is 10.9 Å². The van der Waals surface area contributed by atoms with Crippen molar-refractivity contribution in [2.24, 2.45) is 11.7 Å². The number of rotatable bonds is 8. The van der Waals surface area contributed by atoms with E-state index in [4.69, 9.17) is 15.9 Å². The lowest BCUT2D eigenvalue weighted by molar-refractivity contribution is -0.139. The van der Waals surface area contributed by atoms with Crippen LogP contribution in [0.15, 0.2) is 60.7 Å². The number of nitrogens with zero attached hydrogens (tertiary/aromatic N) is 1. The molecule has 1 aromatic heterocycles. The predicted molar refractivity (Wildman–Crippen MR) is 131 cm³/mol. The van der Waals surface area contributed by atoms with Gasteiger partial charge >= 0.3 is 0 Å². The summed E-state index contributed by atoms with van der Waals surface area (Å²) in [6, 6.07) is 17.9. The molecule has 0 radical (unpaired) electrons. The van der Waals surface area contributed by atoms with E-state index in [1.165, 1.54) is 6.07 Å². The standard InChI is InChI=1S/C26H25FN4O3S/c27-24-20(25(28)29)13-19(35-24)14-30-26(33)22-12-16-11-21(16)31(22)23(32)10-15-6-8-18(9-7-15)34-17-4-2-1-3-5-17/h1-9,13,16,21-22H,10-12,14H2,(H3,28,29)(H,30,33). The topological polar surface area (TPSA) is 109 Å². The second-order valence-electron chi connectivity index (χ2n) is 8.88. The summed E-state index contributed by atoms with van der Waals surface area (Å²) in [7, 11) is 0. The van der Waals surface area contributed by atoms with Gasteiger partial charge in [-0.15, -0.1) is 11.3 Å². The van der Waals surface area contributed by atoms with Crippen LogP contribution in [0.5, 0.6) is 11.5 Å². The first-order valence-corrected chi connectivity index (χ1v) is 12.2. The number of halogens is 1. The largest absolute Gasteiger partial charge is 0.457 e. The zero-order valence-corrected chi connectivity index (χ0v) is 19.7. The van der Waals surface area contributed by atoms with Crippen LogP contribution in [-0.4, -0.2) is 34.6 Å². The van der Waals surface area contributed by atoms with Crippen molar-refractivity contribution in [1.29, 1.82) is 5.41 Å². The molecule has 180 valence electrons. The number of carbonyl (C=O) groups is 2. The van der Waals surface area contributed by atoms with E-state index < -0.39 is 11.2 Å². The number of amidine groups is 1. The molecule has 3 unspecified atom stereocenters. The molecule has 35 heavy (non-hydrogen) atoms. The number of fused-ring (bicyclic) bond motifs is 1. The van der Waals surface area contributed by atoms with E-state index in [2.05, 4.69) is 5.32 Å². The van der Waals surface area contributed by atoms with Crippen molar-refractivity contribution in [3.63, 3.8) is 0 Å². The molecule has 0 bridgehead atoms. The molecular weight excluding hydrogens is 467 g/mol. The molecule has 2 aromatic carbocycles. The van der Waals surface area contributed by atoms with Crippen LogP contribution in [0.3, 0.4) is 0 Å². The number of carbonyl (C=O) groups excluding carboxylic acids is 2. The molecule has 2 amide bonds. The maximum atomic E-state index is 13.9. The van der Waals surface area contributed by atoms with E-state index >= 15 is 0 Å². The third kappa shape index (κ3) is 5.05. The first-order chi connectivity index (χ1) is 16.9. The number of amides is 2. The number of benzene rings is 2. The predicted octanol–water partition coefficient (Wildman–Crippen LogP) is 3.81. The molecule has 4 N–H and O–H groups in total. The number of nitrogen functional groups attached to an aromatic ring is 1. The summed E-state index contributed by atoms with van der Waals surface area (Å²) in [6.45, 7) is 0.129. The minimum Gasteiger partial charge on any atom is -0.457 e. The number of para-hydroxylation sites is 1. The Labute approximate surface area is 206 Å². The summed E-state index contributed by atoms with van der Waals surface area (Å²) in [5.41, 5.74) is 6.26. The lowest BCUT2D eigenvalue weighted by atomic mass is 10.1. The van der Waals surface area contributed by atoms with Gasteiger partial charge in [0.1, 0.15) is 23.4 Å². The van der Waals surface area contributed by atoms with Crippen LogP contribution in [-0.2, 0) is 22.6 Å². The van der Waals surface area contributed by atoms with Crippen LogP contribution in [0.4, 0.5) is 4.39 Å². The second kappa shape index (κ2) is 9.50. The van der Waals surface area contributed by atoms with Crippen LogP contribution in [0.2, 0.25) is 0 Å². The van der Waals surface area contributed by atoms with E-state index in [1.54, 1.807) is 4.90 Å². The van der Waals surface area contributed by atoms with Gasteiger partial charge in [0.2, 0.25) is 11.8 Å². The number of piperidine rings is 1. The third-order valence-corrected chi connectivity index (χ3v) is 7.34. The van der Waals surface area contributed by atoms with Gasteiger partial charge in [-0.2, -0.15) is 4.39 Å². The average molecular weight is 493 g/mol. The second-order valence-corrected chi connectivity index (χ2v) is 9.97. The van der Waals surface area contributed by atoms with Crippen molar-refractivity contribution >= 4 is 29.0 Å². The Bertz CT molecular complexity index is 1260. The Hall–Kier alpha value is -3.72. The smallest absolute Gasteiger partial charge is 0.243 e. The molecule has 1 saturated heterocycles. The Morgan fingerprint density at radius 3 is 2.51 bits per heavy atom. The summed E-state index contributed by atoms with van der Waals surface area (Å²) < 4.78 is 19.7. The van der Waals surface area contributed by atoms with E-state index in [1.807, 2.05) is 54.6 Å². The highest BCUT2D eigenvalue weighted by molar-refractivity contribution is 7.10. The molecule has 7 nitrogen and oxygen atoms in total. The van der Waals surface area contributed by atoms with E-state index in [-0.39, 0.29) is 42.2 Å². The maximum Gasteiger partial charge on any atom is 0.243 e. The molecule has 2 heterocycles. The lowest BCUT2D eigenvalue weighted by Crippen LogP contribution is -2.48. The summed E-state index contributed by atoms with van der Waals surface area (Å²) in [5, 5.41) is 9.69. The Kier molecular flexibility index (Phi) is 6.25. The van der Waals surface area contributed by atoms with Gasteiger partial charge in [-0.3, -0.25) is 15.0 Å². The van der Waals surface area contributed by atoms with E-state index in [0.717, 1.165) is 29.1 Å². The first kappa shape index (κ1) is 23.0. The molecule has 9 heteroatoms. The highest BCUT2D eigenvalue weighted by atomic mass is 32.1. The van der Waals surface area contributed by atoms with Crippen LogP contribution < -0.4 is 15.8 Å². The zero-order chi connectivity index (χ0) is 24.5. The van der Waals surface area contributed by atoms with Crippen molar-refractivity contribution in [3.8, 4) is 11.5 Å². The van der Waals surface area contributed by atoms with Crippen molar-refractivity contribution < 1.29 is 18.7 Å². The van der Waals surface area contributed by atoms with Crippen LogP contribution in [0, 0.1) is 16.5 Å². The van der Waals surface area contributed by atoms with Gasteiger partial charge in [0.05, 0.1) is 18.5 Å². The highest BCUT2D eigenvalue weighted by Gasteiger charge is 2.55. The monoisotopic (exact) mass is 492 g/mol. The fourth-order valence-corrected chi connectivity index (χ4v) is 5.43. The molecule has 3 atom stereocenters. The van der Waals surface area contributed by atoms with Crippen molar-refractivity contribution in [3.05, 3.63) is 81.8 Å². The van der Waals surface area contributed by atoms with Crippen LogP contribution in [0.1, 0.15) is 28.8 Å². The molecular formula is C26H25FN4O3S. The lowest BCUT2D eigenvalue weighted by Gasteiger charge is -2.27. The third-order valence-electron chi connectivity index (χ3n) is 6.42. The quantitative estimate of drug-likeness (QED) is 0.328. The van der Waals surface area contributed by atoms with Gasteiger partial charge in [-0.25, -0.2) is 0 Å². The normalized spacial score (nSPS) is 20.3. The van der Waals surface area contributed by atoms with Gasteiger partial charge in [0.25, 0.3) is 0 Å². The van der Waals surface area contributed by atoms with Crippen LogP contribution in [0.25, 0.3) is 0 Å². The summed E-state index contributed by atoms with van der Waals surface area (Å²) in [4.78, 5) is 28.4. The SMILES string of the molecule is N=C(N)c1cc(CNC(=O)C2CC3CC3N2C(=O)Cc2ccc(Oc3ccccc3)cc2)sc1F. The van der Waals surface area contributed by atoms with Gasteiger partial charge in [-0.1, -0.05) is 30.3 Å². The number of hydrogen-bond donors (Lipinski definition) is 3. The fraction of sp³-hybridized carbons (Fsp3) is 0.269.